The first-order chi connectivity index (χ1) is 16.0. The standard InChI is InChI=1S/C24H26FN5O2S/c1-17-13-18(25)3-8-21(17)28-23(31)15-33-24-14-22(26-16-27-24)30-11-9-29(10-12-30)19-4-6-20(32-2)7-5-19/h3-8,13-14,16H,9-12,15H2,1-2H3,(H,28,31). The molecule has 7 nitrogen and oxygen atoms in total. The maximum atomic E-state index is 13.2. The first kappa shape index (κ1) is 22.8. The van der Waals surface area contributed by atoms with Crippen molar-refractivity contribution < 1.29 is 13.9 Å². The lowest BCUT2D eigenvalue weighted by Gasteiger charge is -2.36. The minimum Gasteiger partial charge on any atom is -0.497 e. The summed E-state index contributed by atoms with van der Waals surface area (Å²) in [7, 11) is 1.67. The average Bonchev–Trinajstić information content (AvgIpc) is 2.85. The summed E-state index contributed by atoms with van der Waals surface area (Å²) in [4.78, 5) is 25.6. The predicted molar refractivity (Wildman–Crippen MR) is 130 cm³/mol. The van der Waals surface area contributed by atoms with Gasteiger partial charge < -0.3 is 19.9 Å². The van der Waals surface area contributed by atoms with E-state index < -0.39 is 0 Å². The Morgan fingerprint density at radius 1 is 1.06 bits per heavy atom. The van der Waals surface area contributed by atoms with Crippen molar-refractivity contribution in [2.75, 3.05) is 54.2 Å². The first-order valence-electron chi connectivity index (χ1n) is 10.7. The Labute approximate surface area is 197 Å². The molecule has 2 aromatic carbocycles. The van der Waals surface area contributed by atoms with Crippen molar-refractivity contribution in [3.8, 4) is 5.75 Å². The number of ether oxygens (including phenoxy) is 1. The summed E-state index contributed by atoms with van der Waals surface area (Å²) in [6, 6.07) is 14.3. The number of carbonyl (C=O) groups is 1. The Morgan fingerprint density at radius 2 is 1.79 bits per heavy atom. The van der Waals surface area contributed by atoms with Gasteiger partial charge in [0.05, 0.1) is 12.9 Å². The lowest BCUT2D eigenvalue weighted by Crippen LogP contribution is -2.46. The van der Waals surface area contributed by atoms with Crippen LogP contribution >= 0.6 is 11.8 Å². The number of aromatic nitrogens is 2. The predicted octanol–water partition coefficient (Wildman–Crippen LogP) is 3.99. The Bertz CT molecular complexity index is 1100. The van der Waals surface area contributed by atoms with Gasteiger partial charge in [-0.2, -0.15) is 0 Å². The van der Waals surface area contributed by atoms with Crippen LogP contribution in [0.4, 0.5) is 21.6 Å². The van der Waals surface area contributed by atoms with Crippen LogP contribution in [-0.4, -0.2) is 54.9 Å². The number of anilines is 3. The van der Waals surface area contributed by atoms with E-state index in [2.05, 4.69) is 37.2 Å². The van der Waals surface area contributed by atoms with Crippen molar-refractivity contribution in [2.45, 2.75) is 11.9 Å². The van der Waals surface area contributed by atoms with Crippen molar-refractivity contribution in [1.29, 1.82) is 0 Å². The largest absolute Gasteiger partial charge is 0.497 e. The fraction of sp³-hybridized carbons (Fsp3) is 0.292. The smallest absolute Gasteiger partial charge is 0.234 e. The SMILES string of the molecule is COc1ccc(N2CCN(c3cc(SCC(=O)Nc4ccc(F)cc4C)ncn3)CC2)cc1. The Balaban J connectivity index is 1.30. The Hall–Kier alpha value is -3.33. The lowest BCUT2D eigenvalue weighted by molar-refractivity contribution is -0.113. The van der Waals surface area contributed by atoms with Gasteiger partial charge in [-0.1, -0.05) is 11.8 Å². The van der Waals surface area contributed by atoms with Crippen molar-refractivity contribution in [1.82, 2.24) is 9.97 Å². The van der Waals surface area contributed by atoms with Crippen LogP contribution in [0.15, 0.2) is 59.9 Å². The third kappa shape index (κ3) is 5.92. The molecule has 2 heterocycles. The van der Waals surface area contributed by atoms with E-state index in [0.29, 0.717) is 11.3 Å². The number of methoxy groups -OCH3 is 1. The molecule has 0 radical (unpaired) electrons. The van der Waals surface area contributed by atoms with Gasteiger partial charge in [-0.25, -0.2) is 14.4 Å². The van der Waals surface area contributed by atoms with Crippen molar-refractivity contribution >= 4 is 34.9 Å². The number of nitrogens with one attached hydrogen (secondary N) is 1. The molecule has 0 bridgehead atoms. The summed E-state index contributed by atoms with van der Waals surface area (Å²) in [6.45, 7) is 5.22. The summed E-state index contributed by atoms with van der Waals surface area (Å²) < 4.78 is 18.5. The van der Waals surface area contributed by atoms with Crippen LogP contribution in [0.25, 0.3) is 0 Å². The van der Waals surface area contributed by atoms with Crippen LogP contribution in [-0.2, 0) is 4.79 Å². The maximum absolute atomic E-state index is 13.2. The first-order valence-corrected chi connectivity index (χ1v) is 11.6. The molecule has 1 amide bonds. The number of aryl methyl sites for hydroxylation is 1. The third-order valence-corrected chi connectivity index (χ3v) is 6.41. The number of thioether (sulfide) groups is 1. The summed E-state index contributed by atoms with van der Waals surface area (Å²) in [5, 5.41) is 3.56. The molecule has 0 unspecified atom stereocenters. The van der Waals surface area contributed by atoms with Crippen molar-refractivity contribution in [3.05, 3.63) is 66.2 Å². The normalized spacial score (nSPS) is 13.7. The van der Waals surface area contributed by atoms with Gasteiger partial charge >= 0.3 is 0 Å². The van der Waals surface area contributed by atoms with Gasteiger partial charge in [0.2, 0.25) is 5.91 Å². The van der Waals surface area contributed by atoms with Crippen LogP contribution in [0.5, 0.6) is 5.75 Å². The van der Waals surface area contributed by atoms with Gasteiger partial charge in [-0.3, -0.25) is 4.79 Å². The number of rotatable bonds is 7. The van der Waals surface area contributed by atoms with Crippen LogP contribution < -0.4 is 19.9 Å². The highest BCUT2D eigenvalue weighted by Gasteiger charge is 2.19. The highest BCUT2D eigenvalue weighted by Crippen LogP contribution is 2.24. The molecule has 1 aliphatic rings. The van der Waals surface area contributed by atoms with Gasteiger partial charge in [-0.15, -0.1) is 0 Å². The van der Waals surface area contributed by atoms with E-state index in [-0.39, 0.29) is 17.5 Å². The van der Waals surface area contributed by atoms with Crippen molar-refractivity contribution in [3.63, 3.8) is 0 Å². The van der Waals surface area contributed by atoms with Gasteiger partial charge in [0, 0.05) is 43.6 Å². The van der Waals surface area contributed by atoms with Crippen LogP contribution in [0.1, 0.15) is 5.56 Å². The molecular formula is C24H26FN5O2S. The molecule has 33 heavy (non-hydrogen) atoms. The van der Waals surface area contributed by atoms with E-state index >= 15 is 0 Å². The van der Waals surface area contributed by atoms with Gasteiger partial charge in [0.25, 0.3) is 0 Å². The summed E-state index contributed by atoms with van der Waals surface area (Å²) in [6.07, 6.45) is 1.54. The van der Waals surface area contributed by atoms with Crippen LogP contribution in [0.2, 0.25) is 0 Å². The number of hydrogen-bond acceptors (Lipinski definition) is 7. The molecule has 4 rings (SSSR count). The zero-order valence-electron chi connectivity index (χ0n) is 18.6. The second-order valence-corrected chi connectivity index (χ2v) is 8.68. The maximum Gasteiger partial charge on any atom is 0.234 e. The average molecular weight is 468 g/mol. The quantitative estimate of drug-likeness (QED) is 0.416. The molecule has 1 N–H and O–H groups in total. The lowest BCUT2D eigenvalue weighted by atomic mass is 10.2. The van der Waals surface area contributed by atoms with E-state index in [9.17, 15) is 9.18 Å². The fourth-order valence-corrected chi connectivity index (χ4v) is 4.32. The highest BCUT2D eigenvalue weighted by molar-refractivity contribution is 7.99. The zero-order chi connectivity index (χ0) is 23.2. The van der Waals surface area contributed by atoms with Gasteiger partial charge in [-0.05, 0) is 55.0 Å². The molecule has 1 aromatic heterocycles. The number of benzene rings is 2. The number of halogens is 1. The molecule has 0 spiro atoms. The monoisotopic (exact) mass is 467 g/mol. The second-order valence-electron chi connectivity index (χ2n) is 7.68. The molecular weight excluding hydrogens is 441 g/mol. The molecule has 3 aromatic rings. The van der Waals surface area contributed by atoms with Crippen LogP contribution in [0.3, 0.4) is 0 Å². The van der Waals surface area contributed by atoms with Crippen LogP contribution in [0, 0.1) is 12.7 Å². The molecule has 0 aliphatic carbocycles. The minimum atomic E-state index is -0.321. The van der Waals surface area contributed by atoms with E-state index in [1.54, 1.807) is 20.1 Å². The number of nitrogens with zero attached hydrogens (tertiary/aromatic N) is 4. The molecule has 1 aliphatic heterocycles. The highest BCUT2D eigenvalue weighted by atomic mass is 32.2. The van der Waals surface area contributed by atoms with Gasteiger partial charge in [0.15, 0.2) is 0 Å². The molecule has 172 valence electrons. The van der Waals surface area contributed by atoms with E-state index in [4.69, 9.17) is 4.74 Å². The van der Waals surface area contributed by atoms with Crippen molar-refractivity contribution in [2.24, 2.45) is 0 Å². The minimum absolute atomic E-state index is 0.164. The molecule has 9 heteroatoms. The third-order valence-electron chi connectivity index (χ3n) is 5.48. The number of amides is 1. The number of piperazine rings is 1. The number of hydrogen-bond donors (Lipinski definition) is 1. The van der Waals surface area contributed by atoms with Gasteiger partial charge in [0.1, 0.15) is 28.7 Å². The summed E-state index contributed by atoms with van der Waals surface area (Å²) in [5.74, 6) is 1.43. The molecule has 1 saturated heterocycles. The molecule has 0 saturated carbocycles. The molecule has 1 fully saturated rings. The Morgan fingerprint density at radius 3 is 2.48 bits per heavy atom. The number of carbonyl (C=O) groups excluding carboxylic acids is 1. The fourth-order valence-electron chi connectivity index (χ4n) is 3.66. The van der Waals surface area contributed by atoms with E-state index in [0.717, 1.165) is 42.8 Å². The zero-order valence-corrected chi connectivity index (χ0v) is 19.4. The van der Waals surface area contributed by atoms with E-state index in [1.807, 2.05) is 18.2 Å². The topological polar surface area (TPSA) is 70.6 Å². The molecule has 0 atom stereocenters. The summed E-state index contributed by atoms with van der Waals surface area (Å²) >= 11 is 1.35. The Kier molecular flexibility index (Phi) is 7.29. The van der Waals surface area contributed by atoms with E-state index in [1.165, 1.54) is 35.9 Å². The second kappa shape index (κ2) is 10.5. The summed E-state index contributed by atoms with van der Waals surface area (Å²) in [5.41, 5.74) is 2.48.